The monoisotopic (exact) mass is 472 g/mol. The van der Waals surface area contributed by atoms with Gasteiger partial charge in [0.15, 0.2) is 11.5 Å². The van der Waals surface area contributed by atoms with Crippen LogP contribution in [0, 0.1) is 0 Å². The summed E-state index contributed by atoms with van der Waals surface area (Å²) in [5.74, 6) is -0.728. The maximum Gasteiger partial charge on any atom is 0.295 e. The van der Waals surface area contributed by atoms with Gasteiger partial charge in [0.2, 0.25) is 0 Å². The van der Waals surface area contributed by atoms with Gasteiger partial charge in [-0.2, -0.15) is 0 Å². The van der Waals surface area contributed by atoms with Gasteiger partial charge in [-0.05, 0) is 49.0 Å². The Kier molecular flexibility index (Phi) is 8.00. The van der Waals surface area contributed by atoms with Crippen molar-refractivity contribution < 1.29 is 24.2 Å². The number of methoxy groups -OCH3 is 2. The number of ketones is 1. The molecule has 33 heavy (non-hydrogen) atoms. The van der Waals surface area contributed by atoms with Crippen LogP contribution in [-0.2, 0) is 9.59 Å². The summed E-state index contributed by atoms with van der Waals surface area (Å²) in [6.07, 6.45) is 0. The van der Waals surface area contributed by atoms with Gasteiger partial charge < -0.3 is 24.4 Å². The fraction of sp³-hybridized carbons (Fsp3) is 0.360. The minimum atomic E-state index is -0.731. The van der Waals surface area contributed by atoms with E-state index in [1.54, 1.807) is 42.5 Å². The molecule has 1 aliphatic rings. The smallest absolute Gasteiger partial charge is 0.295 e. The molecular formula is C25H29ClN2O5. The van der Waals surface area contributed by atoms with Crippen LogP contribution in [-0.4, -0.2) is 67.0 Å². The predicted octanol–water partition coefficient (Wildman–Crippen LogP) is 4.12. The van der Waals surface area contributed by atoms with Crippen LogP contribution in [0.25, 0.3) is 5.76 Å². The number of likely N-dealkylation sites (tertiary alicyclic amines) is 1. The van der Waals surface area contributed by atoms with Gasteiger partial charge in [-0.3, -0.25) is 9.59 Å². The first-order valence-corrected chi connectivity index (χ1v) is 11.2. The van der Waals surface area contributed by atoms with Gasteiger partial charge in [0.25, 0.3) is 11.7 Å². The van der Waals surface area contributed by atoms with Gasteiger partial charge in [0, 0.05) is 23.7 Å². The molecule has 1 heterocycles. The normalized spacial score (nSPS) is 17.6. The van der Waals surface area contributed by atoms with Crippen LogP contribution < -0.4 is 9.47 Å². The van der Waals surface area contributed by atoms with Gasteiger partial charge >= 0.3 is 0 Å². The van der Waals surface area contributed by atoms with Crippen LogP contribution in [0.1, 0.15) is 31.0 Å². The van der Waals surface area contributed by atoms with Gasteiger partial charge in [0.1, 0.15) is 5.76 Å². The van der Waals surface area contributed by atoms with E-state index in [9.17, 15) is 14.7 Å². The number of rotatable bonds is 9. The molecule has 7 nitrogen and oxygen atoms in total. The molecule has 0 aromatic heterocycles. The molecule has 0 aliphatic carbocycles. The maximum absolute atomic E-state index is 13.1. The Morgan fingerprint density at radius 2 is 1.67 bits per heavy atom. The Morgan fingerprint density at radius 3 is 2.24 bits per heavy atom. The van der Waals surface area contributed by atoms with Crippen molar-refractivity contribution in [1.29, 1.82) is 0 Å². The second-order valence-corrected chi connectivity index (χ2v) is 8.08. The molecule has 1 amide bonds. The molecule has 176 valence electrons. The number of hydrogen-bond acceptors (Lipinski definition) is 6. The molecule has 0 saturated carbocycles. The number of carbonyl (C=O) groups excluding carboxylic acids is 2. The minimum Gasteiger partial charge on any atom is -0.507 e. The first-order valence-electron chi connectivity index (χ1n) is 10.8. The fourth-order valence-electron chi connectivity index (χ4n) is 4.03. The molecule has 0 spiro atoms. The largest absolute Gasteiger partial charge is 0.507 e. The third-order valence-corrected chi connectivity index (χ3v) is 6.19. The molecular weight excluding hydrogens is 444 g/mol. The summed E-state index contributed by atoms with van der Waals surface area (Å²) >= 11 is 6.07. The number of halogens is 1. The Hall–Kier alpha value is -3.03. The van der Waals surface area contributed by atoms with Crippen molar-refractivity contribution in [2.24, 2.45) is 0 Å². The van der Waals surface area contributed by atoms with Crippen LogP contribution in [0.15, 0.2) is 48.0 Å². The SMILES string of the molecule is CCN(CC)CCN1C(=O)C(=O)/C(=C(/O)c2ccc(OC)c(OC)c2)C1c1ccc(Cl)cc1. The molecule has 0 radical (unpaired) electrons. The van der Waals surface area contributed by atoms with E-state index in [0.29, 0.717) is 40.7 Å². The fourth-order valence-corrected chi connectivity index (χ4v) is 4.16. The highest BCUT2D eigenvalue weighted by atomic mass is 35.5. The number of likely N-dealkylation sites (N-methyl/N-ethyl adjacent to an activating group) is 1. The summed E-state index contributed by atoms with van der Waals surface area (Å²) in [6, 6.07) is 11.1. The van der Waals surface area contributed by atoms with E-state index in [4.69, 9.17) is 21.1 Å². The lowest BCUT2D eigenvalue weighted by Gasteiger charge is -2.28. The zero-order chi connectivity index (χ0) is 24.1. The van der Waals surface area contributed by atoms with Gasteiger partial charge in [-0.1, -0.05) is 37.6 Å². The lowest BCUT2D eigenvalue weighted by molar-refractivity contribution is -0.140. The number of aliphatic hydroxyl groups excluding tert-OH is 1. The number of ether oxygens (including phenoxy) is 2. The van der Waals surface area contributed by atoms with Crippen molar-refractivity contribution in [1.82, 2.24) is 9.80 Å². The molecule has 1 atom stereocenters. The van der Waals surface area contributed by atoms with Crippen molar-refractivity contribution in [3.63, 3.8) is 0 Å². The Bertz CT molecular complexity index is 1050. The zero-order valence-corrected chi connectivity index (χ0v) is 20.1. The lowest BCUT2D eigenvalue weighted by atomic mass is 9.95. The lowest BCUT2D eigenvalue weighted by Crippen LogP contribution is -2.38. The summed E-state index contributed by atoms with van der Waals surface area (Å²) < 4.78 is 10.6. The Labute approximate surface area is 199 Å². The van der Waals surface area contributed by atoms with Crippen LogP contribution in [0.2, 0.25) is 5.02 Å². The van der Waals surface area contributed by atoms with Crippen LogP contribution in [0.5, 0.6) is 11.5 Å². The van der Waals surface area contributed by atoms with Crippen molar-refractivity contribution in [3.05, 3.63) is 64.2 Å². The van der Waals surface area contributed by atoms with Crippen LogP contribution >= 0.6 is 11.6 Å². The first kappa shape index (κ1) is 24.6. The third-order valence-electron chi connectivity index (χ3n) is 5.93. The number of Topliss-reactive ketones (excluding diaryl/α,β-unsaturated/α-hetero) is 1. The summed E-state index contributed by atoms with van der Waals surface area (Å²) in [5.41, 5.74) is 1.09. The second kappa shape index (κ2) is 10.7. The average molecular weight is 473 g/mol. The van der Waals surface area contributed by atoms with E-state index in [1.165, 1.54) is 19.1 Å². The molecule has 1 unspecified atom stereocenters. The number of hydrogen-bond donors (Lipinski definition) is 1. The Morgan fingerprint density at radius 1 is 1.03 bits per heavy atom. The van der Waals surface area contributed by atoms with Crippen LogP contribution in [0.3, 0.4) is 0 Å². The zero-order valence-electron chi connectivity index (χ0n) is 19.3. The second-order valence-electron chi connectivity index (χ2n) is 7.64. The molecule has 2 aromatic carbocycles. The summed E-state index contributed by atoms with van der Waals surface area (Å²) in [7, 11) is 3.00. The molecule has 0 bridgehead atoms. The van der Waals surface area contributed by atoms with Gasteiger partial charge in [-0.15, -0.1) is 0 Å². The third kappa shape index (κ3) is 4.99. The van der Waals surface area contributed by atoms with Crippen molar-refractivity contribution in [2.45, 2.75) is 19.9 Å². The van der Waals surface area contributed by atoms with E-state index >= 15 is 0 Å². The highest BCUT2D eigenvalue weighted by molar-refractivity contribution is 6.46. The summed E-state index contributed by atoms with van der Waals surface area (Å²) in [6.45, 7) is 6.72. The predicted molar refractivity (Wildman–Crippen MR) is 128 cm³/mol. The van der Waals surface area contributed by atoms with Gasteiger partial charge in [0.05, 0.1) is 25.8 Å². The Balaban J connectivity index is 2.12. The van der Waals surface area contributed by atoms with Crippen molar-refractivity contribution in [2.75, 3.05) is 40.4 Å². The topological polar surface area (TPSA) is 79.3 Å². The van der Waals surface area contributed by atoms with Crippen molar-refractivity contribution >= 4 is 29.1 Å². The summed E-state index contributed by atoms with van der Waals surface area (Å²) in [4.78, 5) is 29.9. The highest BCUT2D eigenvalue weighted by Crippen LogP contribution is 2.40. The number of aliphatic hydroxyl groups is 1. The maximum atomic E-state index is 13.1. The molecule has 1 fully saturated rings. The minimum absolute atomic E-state index is 0.0362. The molecule has 1 N–H and O–H groups in total. The van der Waals surface area contributed by atoms with Crippen molar-refractivity contribution in [3.8, 4) is 11.5 Å². The van der Waals surface area contributed by atoms with E-state index in [1.807, 2.05) is 13.8 Å². The summed E-state index contributed by atoms with van der Waals surface area (Å²) in [5, 5.41) is 11.8. The van der Waals surface area contributed by atoms with Crippen LogP contribution in [0.4, 0.5) is 0 Å². The molecule has 1 saturated heterocycles. The molecule has 1 aliphatic heterocycles. The van der Waals surface area contributed by atoms with E-state index < -0.39 is 17.7 Å². The average Bonchev–Trinajstić information content (AvgIpc) is 3.09. The number of carbonyl (C=O) groups is 2. The molecule has 8 heteroatoms. The first-order chi connectivity index (χ1) is 15.9. The van der Waals surface area contributed by atoms with Gasteiger partial charge in [-0.25, -0.2) is 0 Å². The highest BCUT2D eigenvalue weighted by Gasteiger charge is 2.46. The van der Waals surface area contributed by atoms with E-state index in [2.05, 4.69) is 4.90 Å². The number of amides is 1. The van der Waals surface area contributed by atoms with E-state index in [-0.39, 0.29) is 11.3 Å². The quantitative estimate of drug-likeness (QED) is 0.336. The van der Waals surface area contributed by atoms with E-state index in [0.717, 1.165) is 13.1 Å². The molecule has 2 aromatic rings. The number of benzene rings is 2. The standard InChI is InChI=1S/C25H29ClN2O5/c1-5-27(6-2)13-14-28-22(16-7-10-18(26)11-8-16)21(24(30)25(28)31)23(29)17-9-12-19(32-3)20(15-17)33-4/h7-12,15,22,29H,5-6,13-14H2,1-4H3/b23-21+. The number of nitrogens with zero attached hydrogens (tertiary/aromatic N) is 2. The molecule has 3 rings (SSSR count).